The highest BCUT2D eigenvalue weighted by molar-refractivity contribution is 7.22. The molecule has 7 nitrogen and oxygen atoms in total. The highest BCUT2D eigenvalue weighted by atomic mass is 32.1. The fraction of sp³-hybridized carbons (Fsp3) is 0.0833. The number of rotatable bonds is 6. The molecular weight excluding hydrogens is 454 g/mol. The molecule has 2 N–H and O–H groups in total. The summed E-state index contributed by atoms with van der Waals surface area (Å²) in [6, 6.07) is 19.4. The summed E-state index contributed by atoms with van der Waals surface area (Å²) in [5, 5.41) is 12.8. The maximum atomic E-state index is 13.2. The van der Waals surface area contributed by atoms with Crippen molar-refractivity contribution < 1.29 is 9.59 Å². The van der Waals surface area contributed by atoms with Crippen molar-refractivity contribution in [2.45, 2.75) is 13.5 Å². The number of amides is 2. The third kappa shape index (κ3) is 4.69. The Morgan fingerprint density at radius 1 is 1.03 bits per heavy atom. The number of hydrogen-bond donors (Lipinski definition) is 2. The van der Waals surface area contributed by atoms with Crippen LogP contribution in [0.4, 0.5) is 10.8 Å². The second kappa shape index (κ2) is 8.97. The molecule has 33 heavy (non-hydrogen) atoms. The van der Waals surface area contributed by atoms with E-state index in [1.54, 1.807) is 28.3 Å². The van der Waals surface area contributed by atoms with Crippen molar-refractivity contribution in [3.8, 4) is 10.6 Å². The lowest BCUT2D eigenvalue weighted by Crippen LogP contribution is -2.12. The maximum Gasteiger partial charge on any atom is 0.261 e. The molecule has 0 aliphatic rings. The van der Waals surface area contributed by atoms with Gasteiger partial charge in [0.15, 0.2) is 5.13 Å². The van der Waals surface area contributed by atoms with E-state index in [1.807, 2.05) is 60.0 Å². The lowest BCUT2D eigenvalue weighted by molar-refractivity contribution is -0.114. The van der Waals surface area contributed by atoms with Crippen LogP contribution >= 0.6 is 22.7 Å². The van der Waals surface area contributed by atoms with Crippen molar-refractivity contribution >= 4 is 55.5 Å². The Morgan fingerprint density at radius 2 is 1.88 bits per heavy atom. The second-order valence-corrected chi connectivity index (χ2v) is 9.37. The van der Waals surface area contributed by atoms with Crippen LogP contribution in [0.15, 0.2) is 72.2 Å². The summed E-state index contributed by atoms with van der Waals surface area (Å²) in [6.45, 7) is 2.03. The van der Waals surface area contributed by atoms with Gasteiger partial charge in [-0.3, -0.25) is 19.6 Å². The lowest BCUT2D eigenvalue weighted by Gasteiger charge is -2.01. The maximum absolute atomic E-state index is 13.2. The largest absolute Gasteiger partial charge is 0.326 e. The number of anilines is 2. The first-order chi connectivity index (χ1) is 16.0. The zero-order chi connectivity index (χ0) is 22.8. The molecule has 0 spiro atoms. The van der Waals surface area contributed by atoms with Crippen LogP contribution in [0, 0.1) is 0 Å². The third-order valence-corrected chi connectivity index (χ3v) is 6.69. The van der Waals surface area contributed by atoms with E-state index in [0.717, 1.165) is 20.7 Å². The van der Waals surface area contributed by atoms with E-state index in [2.05, 4.69) is 15.6 Å². The topological polar surface area (TPSA) is 88.9 Å². The van der Waals surface area contributed by atoms with Gasteiger partial charge >= 0.3 is 0 Å². The molecule has 5 rings (SSSR count). The van der Waals surface area contributed by atoms with Crippen molar-refractivity contribution in [1.29, 1.82) is 0 Å². The molecule has 0 aliphatic carbocycles. The SMILES string of the molecule is CC(=O)Nc1ccc2nc(NC(=O)c3cn(Cc4ccccc4)nc3-c3cccs3)sc2c1. The predicted octanol–water partition coefficient (Wildman–Crippen LogP) is 5.48. The minimum atomic E-state index is -0.265. The molecule has 0 atom stereocenters. The number of carbonyl (C=O) groups excluding carboxylic acids is 2. The number of nitrogens with zero attached hydrogens (tertiary/aromatic N) is 3. The van der Waals surface area contributed by atoms with Crippen LogP contribution < -0.4 is 10.6 Å². The molecule has 0 saturated carbocycles. The molecule has 9 heteroatoms. The van der Waals surface area contributed by atoms with Crippen LogP contribution in [0.2, 0.25) is 0 Å². The molecule has 0 saturated heterocycles. The number of nitrogens with one attached hydrogen (secondary N) is 2. The molecule has 2 amide bonds. The van der Waals surface area contributed by atoms with Crippen molar-refractivity contribution in [2.24, 2.45) is 0 Å². The Hall–Kier alpha value is -3.82. The minimum Gasteiger partial charge on any atom is -0.326 e. The Bertz CT molecular complexity index is 1440. The van der Waals surface area contributed by atoms with E-state index in [4.69, 9.17) is 5.10 Å². The molecule has 0 bridgehead atoms. The summed E-state index contributed by atoms with van der Waals surface area (Å²) in [6.07, 6.45) is 1.78. The normalized spacial score (nSPS) is 10.9. The Balaban J connectivity index is 1.43. The van der Waals surface area contributed by atoms with Gasteiger partial charge in [-0.2, -0.15) is 5.10 Å². The number of thiophene rings is 1. The molecular formula is C24H19N5O2S2. The zero-order valence-corrected chi connectivity index (χ0v) is 19.2. The predicted molar refractivity (Wildman–Crippen MR) is 133 cm³/mol. The van der Waals surface area contributed by atoms with Crippen LogP contribution in [0.5, 0.6) is 0 Å². The zero-order valence-electron chi connectivity index (χ0n) is 17.6. The smallest absolute Gasteiger partial charge is 0.261 e. The summed E-state index contributed by atoms with van der Waals surface area (Å²) in [7, 11) is 0. The summed E-state index contributed by atoms with van der Waals surface area (Å²) in [5.74, 6) is -0.403. The van der Waals surface area contributed by atoms with Gasteiger partial charge in [-0.25, -0.2) is 4.98 Å². The van der Waals surface area contributed by atoms with Gasteiger partial charge in [0, 0.05) is 18.8 Å². The summed E-state index contributed by atoms with van der Waals surface area (Å²) in [5.41, 5.74) is 3.69. The van der Waals surface area contributed by atoms with Crippen molar-refractivity contribution in [1.82, 2.24) is 14.8 Å². The molecule has 0 aliphatic heterocycles. The second-order valence-electron chi connectivity index (χ2n) is 7.39. The Morgan fingerprint density at radius 3 is 2.64 bits per heavy atom. The van der Waals surface area contributed by atoms with E-state index < -0.39 is 0 Å². The fourth-order valence-corrected chi connectivity index (χ4v) is 5.08. The molecule has 3 heterocycles. The van der Waals surface area contributed by atoms with Crippen LogP contribution in [0.3, 0.4) is 0 Å². The third-order valence-electron chi connectivity index (χ3n) is 4.88. The highest BCUT2D eigenvalue weighted by Crippen LogP contribution is 2.31. The average Bonchev–Trinajstić information content (AvgIpc) is 3.53. The van der Waals surface area contributed by atoms with Crippen molar-refractivity contribution in [3.63, 3.8) is 0 Å². The van der Waals surface area contributed by atoms with E-state index in [1.165, 1.54) is 18.3 Å². The molecule has 0 radical (unpaired) electrons. The highest BCUT2D eigenvalue weighted by Gasteiger charge is 2.20. The number of hydrogen-bond acceptors (Lipinski definition) is 6. The molecule has 5 aromatic rings. The first-order valence-corrected chi connectivity index (χ1v) is 11.9. The van der Waals surface area contributed by atoms with Crippen LogP contribution in [-0.2, 0) is 11.3 Å². The Labute approximate surface area is 197 Å². The quantitative estimate of drug-likeness (QED) is 0.342. The van der Waals surface area contributed by atoms with E-state index in [9.17, 15) is 9.59 Å². The van der Waals surface area contributed by atoms with Crippen LogP contribution in [0.1, 0.15) is 22.8 Å². The molecule has 3 aromatic heterocycles. The van der Waals surface area contributed by atoms with Gasteiger partial charge in [0.2, 0.25) is 5.91 Å². The monoisotopic (exact) mass is 473 g/mol. The molecule has 2 aromatic carbocycles. The van der Waals surface area contributed by atoms with E-state index in [-0.39, 0.29) is 11.8 Å². The fourth-order valence-electron chi connectivity index (χ4n) is 3.46. The van der Waals surface area contributed by atoms with Gasteiger partial charge in [-0.15, -0.1) is 11.3 Å². The van der Waals surface area contributed by atoms with Crippen molar-refractivity contribution in [3.05, 3.63) is 83.4 Å². The summed E-state index contributed by atoms with van der Waals surface area (Å²) < 4.78 is 2.66. The van der Waals surface area contributed by atoms with Crippen LogP contribution in [-0.4, -0.2) is 26.6 Å². The summed E-state index contributed by atoms with van der Waals surface area (Å²) >= 11 is 2.90. The first-order valence-electron chi connectivity index (χ1n) is 10.2. The standard InChI is InChI=1S/C24H19N5O2S2/c1-15(30)25-17-9-10-19-21(12-17)33-24(26-19)27-23(31)18-14-29(13-16-6-3-2-4-7-16)28-22(18)20-8-5-11-32-20/h2-12,14H,13H2,1H3,(H,25,30)(H,26,27,31). The average molecular weight is 474 g/mol. The lowest BCUT2D eigenvalue weighted by atomic mass is 10.2. The van der Waals surface area contributed by atoms with Gasteiger partial charge in [0.05, 0.1) is 27.2 Å². The number of benzene rings is 2. The van der Waals surface area contributed by atoms with Gasteiger partial charge in [-0.05, 0) is 35.2 Å². The number of thiazole rings is 1. The molecule has 0 unspecified atom stereocenters. The number of aromatic nitrogens is 3. The van der Waals surface area contributed by atoms with Gasteiger partial charge in [0.25, 0.3) is 5.91 Å². The molecule has 0 fully saturated rings. The van der Waals surface area contributed by atoms with Gasteiger partial charge < -0.3 is 5.32 Å². The first kappa shape index (κ1) is 21.0. The van der Waals surface area contributed by atoms with E-state index >= 15 is 0 Å². The van der Waals surface area contributed by atoms with Gasteiger partial charge in [0.1, 0.15) is 5.69 Å². The minimum absolute atomic E-state index is 0.138. The van der Waals surface area contributed by atoms with E-state index in [0.29, 0.717) is 28.6 Å². The van der Waals surface area contributed by atoms with Crippen molar-refractivity contribution in [2.75, 3.05) is 10.6 Å². The Kier molecular flexibility index (Phi) is 5.72. The number of fused-ring (bicyclic) bond motifs is 1. The van der Waals surface area contributed by atoms with Gasteiger partial charge in [-0.1, -0.05) is 47.7 Å². The molecule has 164 valence electrons. The van der Waals surface area contributed by atoms with Crippen LogP contribution in [0.25, 0.3) is 20.8 Å². The number of carbonyl (C=O) groups is 2. The summed E-state index contributed by atoms with van der Waals surface area (Å²) in [4.78, 5) is 30.0.